The maximum Gasteiger partial charge on any atom is 0.407 e. The molecule has 20 heavy (non-hydrogen) atoms. The van der Waals surface area contributed by atoms with Crippen molar-refractivity contribution in [3.05, 3.63) is 34.9 Å². The molecule has 6 heteroatoms. The minimum absolute atomic E-state index is 0.0889. The Labute approximate surface area is 116 Å². The Morgan fingerprint density at radius 3 is 2.80 bits per heavy atom. The first-order valence-electron chi connectivity index (χ1n) is 6.32. The molecule has 1 amide bonds. The van der Waals surface area contributed by atoms with Crippen molar-refractivity contribution in [2.45, 2.75) is 32.7 Å². The minimum atomic E-state index is -0.838. The van der Waals surface area contributed by atoms with Crippen molar-refractivity contribution in [1.29, 1.82) is 5.26 Å². The summed E-state index contributed by atoms with van der Waals surface area (Å²) in [6.07, 6.45) is 0.912. The van der Waals surface area contributed by atoms with E-state index in [9.17, 15) is 13.6 Å². The minimum Gasteiger partial charge on any atom is -0.450 e. The Kier molecular flexibility index (Phi) is 5.91. The van der Waals surface area contributed by atoms with Crippen molar-refractivity contribution in [3.8, 4) is 6.07 Å². The van der Waals surface area contributed by atoms with Gasteiger partial charge in [0.2, 0.25) is 0 Å². The third-order valence-corrected chi connectivity index (χ3v) is 2.72. The molecule has 4 nitrogen and oxygen atoms in total. The average Bonchev–Trinajstić information content (AvgIpc) is 2.41. The number of amides is 1. The molecule has 1 rings (SSSR count). The number of hydrogen-bond acceptors (Lipinski definition) is 3. The molecule has 0 aliphatic heterocycles. The highest BCUT2D eigenvalue weighted by molar-refractivity contribution is 5.67. The first kappa shape index (κ1) is 15.9. The van der Waals surface area contributed by atoms with Gasteiger partial charge in [0.25, 0.3) is 0 Å². The van der Waals surface area contributed by atoms with E-state index in [0.717, 1.165) is 25.0 Å². The second kappa shape index (κ2) is 7.43. The van der Waals surface area contributed by atoms with Crippen LogP contribution in [0.15, 0.2) is 12.1 Å². The molecule has 0 saturated heterocycles. The number of ether oxygens (including phenoxy) is 1. The van der Waals surface area contributed by atoms with Gasteiger partial charge in [-0.05, 0) is 25.5 Å². The lowest BCUT2D eigenvalue weighted by Gasteiger charge is -2.15. The number of nitriles is 1. The van der Waals surface area contributed by atoms with Gasteiger partial charge in [0.05, 0.1) is 18.2 Å². The standard InChI is InChI=1S/C14H16F2N2O2/c1-3-4-5-20-14(19)18-9(2)12-7-11(15)6-10(8-17)13(12)16/h6-7,9H,3-5H2,1-2H3,(H,18,19)/t9-/m1/s1. The fourth-order valence-corrected chi connectivity index (χ4v) is 1.61. The van der Waals surface area contributed by atoms with Crippen LogP contribution in [0, 0.1) is 23.0 Å². The molecule has 0 aromatic heterocycles. The van der Waals surface area contributed by atoms with E-state index in [-0.39, 0.29) is 12.2 Å². The van der Waals surface area contributed by atoms with Gasteiger partial charge >= 0.3 is 6.09 Å². The molecule has 0 aliphatic rings. The smallest absolute Gasteiger partial charge is 0.407 e. The third kappa shape index (κ3) is 4.19. The van der Waals surface area contributed by atoms with Crippen LogP contribution in [0.4, 0.5) is 13.6 Å². The van der Waals surface area contributed by atoms with E-state index in [1.807, 2.05) is 6.92 Å². The first-order valence-corrected chi connectivity index (χ1v) is 6.32. The number of carbonyl (C=O) groups is 1. The number of hydrogen-bond donors (Lipinski definition) is 1. The Hall–Kier alpha value is -2.16. The summed E-state index contributed by atoms with van der Waals surface area (Å²) < 4.78 is 32.0. The number of unbranched alkanes of at least 4 members (excludes halogenated alkanes) is 1. The quantitative estimate of drug-likeness (QED) is 0.842. The van der Waals surface area contributed by atoms with Crippen LogP contribution in [0.2, 0.25) is 0 Å². The number of carbonyl (C=O) groups excluding carboxylic acids is 1. The molecule has 0 bridgehead atoms. The van der Waals surface area contributed by atoms with Gasteiger partial charge in [-0.3, -0.25) is 0 Å². The lowest BCUT2D eigenvalue weighted by atomic mass is 10.0. The lowest BCUT2D eigenvalue weighted by molar-refractivity contribution is 0.141. The van der Waals surface area contributed by atoms with Gasteiger partial charge < -0.3 is 10.1 Å². The fraction of sp³-hybridized carbons (Fsp3) is 0.429. The van der Waals surface area contributed by atoms with Crippen molar-refractivity contribution in [2.24, 2.45) is 0 Å². The van der Waals surface area contributed by atoms with Gasteiger partial charge in [-0.25, -0.2) is 13.6 Å². The molecule has 1 aromatic carbocycles. The Balaban J connectivity index is 2.77. The Bertz CT molecular complexity index is 527. The number of halogens is 2. The zero-order chi connectivity index (χ0) is 15.1. The molecule has 0 fully saturated rings. The maximum absolute atomic E-state index is 13.9. The first-order chi connectivity index (χ1) is 9.49. The zero-order valence-corrected chi connectivity index (χ0v) is 11.4. The highest BCUT2D eigenvalue weighted by atomic mass is 19.1. The summed E-state index contributed by atoms with van der Waals surface area (Å²) in [5, 5.41) is 11.1. The molecule has 0 spiro atoms. The van der Waals surface area contributed by atoms with E-state index in [0.29, 0.717) is 0 Å². The normalized spacial score (nSPS) is 11.6. The summed E-state index contributed by atoms with van der Waals surface area (Å²) in [6, 6.07) is 2.53. The van der Waals surface area contributed by atoms with Crippen molar-refractivity contribution in [2.75, 3.05) is 6.61 Å². The zero-order valence-electron chi connectivity index (χ0n) is 11.4. The number of alkyl carbamates (subject to hydrolysis) is 1. The molecule has 0 radical (unpaired) electrons. The van der Waals surface area contributed by atoms with Crippen molar-refractivity contribution in [1.82, 2.24) is 5.32 Å². The second-order valence-electron chi connectivity index (χ2n) is 4.32. The van der Waals surface area contributed by atoms with E-state index < -0.39 is 29.3 Å². The van der Waals surface area contributed by atoms with E-state index in [4.69, 9.17) is 10.00 Å². The highest BCUT2D eigenvalue weighted by Gasteiger charge is 2.18. The molecular weight excluding hydrogens is 266 g/mol. The SMILES string of the molecule is CCCCOC(=O)N[C@H](C)c1cc(F)cc(C#N)c1F. The van der Waals surface area contributed by atoms with Crippen molar-refractivity contribution in [3.63, 3.8) is 0 Å². The van der Waals surface area contributed by atoms with Gasteiger partial charge in [-0.2, -0.15) is 5.26 Å². The molecule has 1 atom stereocenters. The summed E-state index contributed by atoms with van der Waals surface area (Å²) in [6.45, 7) is 3.71. The van der Waals surface area contributed by atoms with E-state index in [1.54, 1.807) is 6.07 Å². The molecule has 0 aliphatic carbocycles. The number of rotatable bonds is 5. The maximum atomic E-state index is 13.9. The molecule has 0 heterocycles. The van der Waals surface area contributed by atoms with Crippen LogP contribution in [0.3, 0.4) is 0 Å². The molecule has 1 N–H and O–H groups in total. The topological polar surface area (TPSA) is 62.1 Å². The van der Waals surface area contributed by atoms with Gasteiger partial charge in [-0.15, -0.1) is 0 Å². The molecule has 0 unspecified atom stereocenters. The number of nitrogens with one attached hydrogen (secondary N) is 1. The van der Waals surface area contributed by atoms with E-state index in [2.05, 4.69) is 5.32 Å². The Morgan fingerprint density at radius 2 is 2.20 bits per heavy atom. The Morgan fingerprint density at radius 1 is 1.50 bits per heavy atom. The van der Waals surface area contributed by atoms with Crippen LogP contribution in [-0.2, 0) is 4.74 Å². The van der Waals surface area contributed by atoms with Crippen LogP contribution in [-0.4, -0.2) is 12.7 Å². The van der Waals surface area contributed by atoms with Crippen molar-refractivity contribution >= 4 is 6.09 Å². The van der Waals surface area contributed by atoms with Crippen LogP contribution >= 0.6 is 0 Å². The number of benzene rings is 1. The van der Waals surface area contributed by atoms with Gasteiger partial charge in [0, 0.05) is 5.56 Å². The molecule has 1 aromatic rings. The summed E-state index contributed by atoms with van der Waals surface area (Å²) in [4.78, 5) is 11.4. The van der Waals surface area contributed by atoms with E-state index in [1.165, 1.54) is 6.92 Å². The van der Waals surface area contributed by atoms with Gasteiger partial charge in [0.15, 0.2) is 0 Å². The molecule has 108 valence electrons. The van der Waals surface area contributed by atoms with E-state index >= 15 is 0 Å². The monoisotopic (exact) mass is 282 g/mol. The van der Waals surface area contributed by atoms with Crippen LogP contribution in [0.5, 0.6) is 0 Å². The highest BCUT2D eigenvalue weighted by Crippen LogP contribution is 2.21. The van der Waals surface area contributed by atoms with Gasteiger partial charge in [-0.1, -0.05) is 13.3 Å². The summed E-state index contributed by atoms with van der Waals surface area (Å²) in [5.41, 5.74) is -0.484. The summed E-state index contributed by atoms with van der Waals surface area (Å²) in [7, 11) is 0. The lowest BCUT2D eigenvalue weighted by Crippen LogP contribution is -2.28. The second-order valence-corrected chi connectivity index (χ2v) is 4.32. The van der Waals surface area contributed by atoms with Gasteiger partial charge in [0.1, 0.15) is 17.7 Å². The summed E-state index contributed by atoms with van der Waals surface area (Å²) >= 11 is 0. The fourth-order valence-electron chi connectivity index (χ4n) is 1.61. The number of nitrogens with zero attached hydrogens (tertiary/aromatic N) is 1. The predicted octanol–water partition coefficient (Wildman–Crippen LogP) is 3.42. The molecular formula is C14H16F2N2O2. The predicted molar refractivity (Wildman–Crippen MR) is 68.9 cm³/mol. The average molecular weight is 282 g/mol. The largest absolute Gasteiger partial charge is 0.450 e. The van der Waals surface area contributed by atoms with Crippen LogP contribution in [0.25, 0.3) is 0 Å². The van der Waals surface area contributed by atoms with Crippen LogP contribution < -0.4 is 5.32 Å². The third-order valence-electron chi connectivity index (χ3n) is 2.72. The van der Waals surface area contributed by atoms with Crippen molar-refractivity contribution < 1.29 is 18.3 Å². The summed E-state index contributed by atoms with van der Waals surface area (Å²) in [5.74, 6) is -1.57. The molecule has 0 saturated carbocycles. The van der Waals surface area contributed by atoms with Crippen LogP contribution in [0.1, 0.15) is 43.9 Å².